The van der Waals surface area contributed by atoms with Crippen molar-refractivity contribution in [3.8, 4) is 22.6 Å². The van der Waals surface area contributed by atoms with E-state index >= 15 is 0 Å². The molecular weight excluding hydrogens is 200 g/mol. The van der Waals surface area contributed by atoms with Crippen LogP contribution < -0.4 is 10.2 Å². The molecule has 0 saturated heterocycles. The molecule has 0 unspecified atom stereocenters. The van der Waals surface area contributed by atoms with E-state index in [1.165, 1.54) is 22.3 Å². The lowest BCUT2D eigenvalue weighted by Crippen LogP contribution is -1.79. The predicted molar refractivity (Wildman–Crippen MR) is 60.9 cm³/mol. The van der Waals surface area contributed by atoms with Gasteiger partial charge in [0.05, 0.1) is 5.39 Å². The Kier molecular flexibility index (Phi) is 0.866. The van der Waals surface area contributed by atoms with Gasteiger partial charge in [-0.15, -0.1) is 0 Å². The van der Waals surface area contributed by atoms with Gasteiger partial charge in [-0.05, 0) is 23.1 Å². The minimum Gasteiger partial charge on any atom is -0.448 e. The Labute approximate surface area is 90.8 Å². The molecular formula is C14H6O2. The fraction of sp³-hybridized carbons (Fsp3) is 0.0714. The molecule has 1 aliphatic heterocycles. The molecule has 3 aromatic rings. The Morgan fingerprint density at radius 1 is 1.06 bits per heavy atom. The van der Waals surface area contributed by atoms with Crippen molar-refractivity contribution in [3.63, 3.8) is 0 Å². The van der Waals surface area contributed by atoms with Crippen LogP contribution >= 0.6 is 0 Å². The van der Waals surface area contributed by atoms with Gasteiger partial charge in [-0.25, -0.2) is 0 Å². The van der Waals surface area contributed by atoms with E-state index in [4.69, 9.17) is 4.74 Å². The second-order valence-corrected chi connectivity index (χ2v) is 4.53. The smallest absolute Gasteiger partial charge is 0.198 e. The molecule has 74 valence electrons. The van der Waals surface area contributed by atoms with Crippen LogP contribution in [0.5, 0.6) is 11.5 Å². The van der Waals surface area contributed by atoms with Crippen LogP contribution in [-0.2, 0) is 6.42 Å². The van der Waals surface area contributed by atoms with E-state index in [9.17, 15) is 4.79 Å². The monoisotopic (exact) mass is 206 g/mol. The van der Waals surface area contributed by atoms with Gasteiger partial charge < -0.3 is 4.74 Å². The van der Waals surface area contributed by atoms with Crippen LogP contribution in [0.2, 0.25) is 0 Å². The molecule has 0 saturated carbocycles. The molecule has 0 fully saturated rings. The zero-order valence-corrected chi connectivity index (χ0v) is 8.33. The van der Waals surface area contributed by atoms with Gasteiger partial charge in [0.2, 0.25) is 0 Å². The van der Waals surface area contributed by atoms with Gasteiger partial charge in [0.1, 0.15) is 0 Å². The molecule has 5 rings (SSSR count). The van der Waals surface area contributed by atoms with Crippen molar-refractivity contribution in [1.29, 1.82) is 0 Å². The molecule has 0 N–H and O–H groups in total. The maximum atomic E-state index is 11.6. The van der Waals surface area contributed by atoms with Crippen molar-refractivity contribution in [2.75, 3.05) is 0 Å². The SMILES string of the molecule is O=c1c2c3c(c4c(c12)O4)-c1ccccc1C3. The number of ether oxygens (including phenoxy) is 1. The molecule has 0 bridgehead atoms. The van der Waals surface area contributed by atoms with Gasteiger partial charge in [-0.3, -0.25) is 4.79 Å². The van der Waals surface area contributed by atoms with Crippen molar-refractivity contribution >= 4 is 10.8 Å². The number of rotatable bonds is 0. The molecule has 0 radical (unpaired) electrons. The minimum absolute atomic E-state index is 0.197. The topological polar surface area (TPSA) is 29.6 Å². The first-order chi connectivity index (χ1) is 7.86. The van der Waals surface area contributed by atoms with E-state index in [1.807, 2.05) is 12.1 Å². The van der Waals surface area contributed by atoms with Crippen molar-refractivity contribution in [2.24, 2.45) is 0 Å². The molecule has 3 aromatic carbocycles. The van der Waals surface area contributed by atoms with Crippen molar-refractivity contribution in [2.45, 2.75) is 6.42 Å². The van der Waals surface area contributed by atoms with E-state index < -0.39 is 0 Å². The maximum absolute atomic E-state index is 11.6. The van der Waals surface area contributed by atoms with E-state index in [0.717, 1.165) is 28.7 Å². The van der Waals surface area contributed by atoms with Crippen molar-refractivity contribution < 1.29 is 4.74 Å². The van der Waals surface area contributed by atoms with E-state index in [2.05, 4.69) is 12.1 Å². The Morgan fingerprint density at radius 2 is 1.94 bits per heavy atom. The molecule has 0 aromatic heterocycles. The van der Waals surface area contributed by atoms with Gasteiger partial charge in [0.25, 0.3) is 0 Å². The second-order valence-electron chi connectivity index (χ2n) is 4.53. The fourth-order valence-corrected chi connectivity index (χ4v) is 2.91. The van der Waals surface area contributed by atoms with Gasteiger partial charge in [-0.1, -0.05) is 24.3 Å². The van der Waals surface area contributed by atoms with Crippen LogP contribution in [-0.4, -0.2) is 0 Å². The van der Waals surface area contributed by atoms with E-state index in [0.29, 0.717) is 0 Å². The zero-order valence-electron chi connectivity index (χ0n) is 8.33. The fourth-order valence-electron chi connectivity index (χ4n) is 2.91. The summed E-state index contributed by atoms with van der Waals surface area (Å²) in [6.45, 7) is 0. The summed E-state index contributed by atoms with van der Waals surface area (Å²) in [5.74, 6) is 1.79. The third kappa shape index (κ3) is 0.593. The van der Waals surface area contributed by atoms with Crippen LogP contribution in [0.25, 0.3) is 21.9 Å². The van der Waals surface area contributed by atoms with Crippen LogP contribution in [0.15, 0.2) is 29.1 Å². The van der Waals surface area contributed by atoms with E-state index in [1.54, 1.807) is 0 Å². The Bertz CT molecular complexity index is 817. The van der Waals surface area contributed by atoms with E-state index in [-0.39, 0.29) is 5.43 Å². The highest BCUT2D eigenvalue weighted by molar-refractivity contribution is 6.15. The van der Waals surface area contributed by atoms with Crippen LogP contribution in [0.3, 0.4) is 0 Å². The lowest BCUT2D eigenvalue weighted by Gasteiger charge is -1.95. The molecule has 16 heavy (non-hydrogen) atoms. The van der Waals surface area contributed by atoms with Gasteiger partial charge in [0.15, 0.2) is 16.9 Å². The third-order valence-corrected chi connectivity index (χ3v) is 3.72. The highest BCUT2D eigenvalue weighted by Gasteiger charge is 2.41. The highest BCUT2D eigenvalue weighted by atomic mass is 16.6. The summed E-state index contributed by atoms with van der Waals surface area (Å²) in [6, 6.07) is 8.33. The number of hydrogen-bond acceptors (Lipinski definition) is 2. The highest BCUT2D eigenvalue weighted by Crippen LogP contribution is 2.62. The number of fused-ring (bicyclic) bond motifs is 8. The number of benzene rings is 2. The van der Waals surface area contributed by atoms with Gasteiger partial charge >= 0.3 is 0 Å². The van der Waals surface area contributed by atoms with Crippen LogP contribution in [0.1, 0.15) is 11.1 Å². The summed E-state index contributed by atoms with van der Waals surface area (Å²) in [5.41, 5.74) is 5.12. The normalized spacial score (nSPS) is 14.8. The maximum Gasteiger partial charge on any atom is 0.198 e. The summed E-state index contributed by atoms with van der Waals surface area (Å²) in [5, 5.41) is 1.78. The molecule has 2 nitrogen and oxygen atoms in total. The summed E-state index contributed by atoms with van der Waals surface area (Å²) in [4.78, 5) is 11.6. The Hall–Kier alpha value is -2.09. The molecule has 2 heteroatoms. The van der Waals surface area contributed by atoms with Crippen LogP contribution in [0, 0.1) is 0 Å². The predicted octanol–water partition coefficient (Wildman–Crippen LogP) is 2.75. The lowest BCUT2D eigenvalue weighted by atomic mass is 10.1. The van der Waals surface area contributed by atoms with Crippen molar-refractivity contribution in [1.82, 2.24) is 0 Å². The lowest BCUT2D eigenvalue weighted by molar-refractivity contribution is 0.654. The molecule has 2 aliphatic rings. The average Bonchev–Trinajstić information content (AvgIpc) is 3.17. The zero-order chi connectivity index (χ0) is 10.4. The molecule has 0 spiro atoms. The molecule has 0 amide bonds. The summed E-state index contributed by atoms with van der Waals surface area (Å²) in [7, 11) is 0. The van der Waals surface area contributed by atoms with Gasteiger partial charge in [0, 0.05) is 10.9 Å². The number of hydrogen-bond donors (Lipinski definition) is 0. The first-order valence-electron chi connectivity index (χ1n) is 5.40. The minimum atomic E-state index is 0.197. The first-order valence-corrected chi connectivity index (χ1v) is 5.40. The first kappa shape index (κ1) is 7.23. The largest absolute Gasteiger partial charge is 0.448 e. The second kappa shape index (κ2) is 1.92. The van der Waals surface area contributed by atoms with Crippen molar-refractivity contribution in [3.05, 3.63) is 45.6 Å². The standard InChI is InChI=1S/C14H6O2/c15-12-10-8-5-6-3-1-2-4-7(6)9(8)13-14(16-13)11(10)12/h1-4H,5H2. The third-order valence-electron chi connectivity index (χ3n) is 3.72. The molecule has 1 heterocycles. The van der Waals surface area contributed by atoms with Gasteiger partial charge in [-0.2, -0.15) is 0 Å². The summed E-state index contributed by atoms with van der Waals surface area (Å²) >= 11 is 0. The quantitative estimate of drug-likeness (QED) is 0.364. The summed E-state index contributed by atoms with van der Waals surface area (Å²) < 4.78 is 5.47. The van der Waals surface area contributed by atoms with Crippen LogP contribution in [0.4, 0.5) is 0 Å². The Morgan fingerprint density at radius 3 is 2.88 bits per heavy atom. The molecule has 1 aliphatic carbocycles. The average molecular weight is 206 g/mol. The summed E-state index contributed by atoms with van der Waals surface area (Å²) in [6.07, 6.45) is 0.885. The Balaban J connectivity index is 2.01. The molecule has 0 atom stereocenters.